The van der Waals surface area contributed by atoms with Gasteiger partial charge >= 0.3 is 18.3 Å². The molecule has 0 radical (unpaired) electrons. The van der Waals surface area contributed by atoms with E-state index in [-0.39, 0.29) is 11.6 Å². The highest BCUT2D eigenvalue weighted by atomic mass is 19.4. The van der Waals surface area contributed by atoms with Crippen LogP contribution in [0.4, 0.5) is 42.2 Å². The van der Waals surface area contributed by atoms with Gasteiger partial charge in [-0.1, -0.05) is 0 Å². The first-order chi connectivity index (χ1) is 16.4. The van der Waals surface area contributed by atoms with Crippen LogP contribution >= 0.6 is 0 Å². The second-order valence-electron chi connectivity index (χ2n) is 6.26. The van der Waals surface area contributed by atoms with Crippen LogP contribution in [0.25, 0.3) is 0 Å². The molecular formula is C18H9F7N6O4. The van der Waals surface area contributed by atoms with Crippen molar-refractivity contribution in [1.82, 2.24) is 20.8 Å². The molecule has 0 aliphatic heterocycles. The lowest BCUT2D eigenvalue weighted by Crippen LogP contribution is -2.35. The highest BCUT2D eigenvalue weighted by Gasteiger charge is 2.42. The number of benzene rings is 1. The van der Waals surface area contributed by atoms with Gasteiger partial charge in [-0.25, -0.2) is 18.8 Å². The van der Waals surface area contributed by atoms with Crippen LogP contribution in [0.5, 0.6) is 0 Å². The van der Waals surface area contributed by atoms with Crippen molar-refractivity contribution in [2.24, 2.45) is 4.99 Å². The number of alkyl halides is 6. The first-order valence-corrected chi connectivity index (χ1v) is 8.90. The molecule has 0 saturated heterocycles. The number of halogens is 7. The lowest BCUT2D eigenvalue weighted by molar-refractivity contribution is -0.203. The number of nitrogens with zero attached hydrogens (tertiary/aromatic N) is 4. The third kappa shape index (κ3) is 6.27. The molecule has 0 fully saturated rings. The average Bonchev–Trinajstić information content (AvgIpc) is 3.24. The maximum absolute atomic E-state index is 13.6. The molecule has 0 unspecified atom stereocenters. The number of aliphatic imine (C=N–C) groups is 1. The van der Waals surface area contributed by atoms with E-state index in [1.54, 1.807) is 0 Å². The van der Waals surface area contributed by atoms with Crippen molar-refractivity contribution in [3.8, 4) is 0 Å². The summed E-state index contributed by atoms with van der Waals surface area (Å²) in [4.78, 5) is 34.5. The van der Waals surface area contributed by atoms with Crippen molar-refractivity contribution in [2.45, 2.75) is 12.4 Å². The molecule has 3 aromatic rings. The SMILES string of the molecule is O=C(Nc1nonc1C(=Nc1ccc(F)c(C(F)(F)F)c1)NOC(=O)C(F)(F)F)c1ccncc1. The van der Waals surface area contributed by atoms with Crippen LogP contribution in [-0.4, -0.2) is 39.2 Å². The Morgan fingerprint density at radius 1 is 1.00 bits per heavy atom. The summed E-state index contributed by atoms with van der Waals surface area (Å²) in [6.45, 7) is 0. The predicted molar refractivity (Wildman–Crippen MR) is 99.4 cm³/mol. The van der Waals surface area contributed by atoms with E-state index in [2.05, 4.69) is 35.1 Å². The van der Waals surface area contributed by atoms with Crippen molar-refractivity contribution < 1.29 is 49.8 Å². The molecule has 3 rings (SSSR count). The summed E-state index contributed by atoms with van der Waals surface area (Å²) in [7, 11) is 0. The third-order valence-electron chi connectivity index (χ3n) is 3.86. The fraction of sp³-hybridized carbons (Fsp3) is 0.111. The number of hydrogen-bond acceptors (Lipinski definition) is 8. The maximum Gasteiger partial charge on any atom is 0.493 e. The van der Waals surface area contributed by atoms with Crippen molar-refractivity contribution in [2.75, 3.05) is 5.32 Å². The number of carbonyl (C=O) groups excluding carboxylic acids is 2. The van der Waals surface area contributed by atoms with Crippen molar-refractivity contribution in [3.63, 3.8) is 0 Å². The molecule has 1 amide bonds. The van der Waals surface area contributed by atoms with Gasteiger partial charge in [-0.2, -0.15) is 31.8 Å². The molecule has 2 N–H and O–H groups in total. The fourth-order valence-electron chi connectivity index (χ4n) is 2.31. The number of amidine groups is 1. The molecule has 0 saturated carbocycles. The number of anilines is 1. The smallest absolute Gasteiger partial charge is 0.333 e. The predicted octanol–water partition coefficient (Wildman–Crippen LogP) is 3.56. The minimum Gasteiger partial charge on any atom is -0.333 e. The van der Waals surface area contributed by atoms with E-state index in [0.717, 1.165) is 6.07 Å². The molecule has 2 aromatic heterocycles. The quantitative estimate of drug-likeness (QED) is 0.238. The summed E-state index contributed by atoms with van der Waals surface area (Å²) < 4.78 is 94.5. The lowest BCUT2D eigenvalue weighted by Gasteiger charge is -2.11. The number of carbonyl (C=O) groups is 2. The molecule has 2 heterocycles. The van der Waals surface area contributed by atoms with Gasteiger partial charge in [0.2, 0.25) is 5.82 Å². The molecule has 0 bridgehead atoms. The normalized spacial score (nSPS) is 12.3. The Labute approximate surface area is 188 Å². The van der Waals surface area contributed by atoms with Gasteiger partial charge < -0.3 is 10.2 Å². The molecule has 10 nitrogen and oxygen atoms in total. The number of rotatable bonds is 4. The molecule has 184 valence electrons. The van der Waals surface area contributed by atoms with Gasteiger partial charge in [-0.15, -0.1) is 0 Å². The molecule has 0 spiro atoms. The zero-order valence-electron chi connectivity index (χ0n) is 16.6. The Hall–Kier alpha value is -4.57. The van der Waals surface area contributed by atoms with Crippen molar-refractivity contribution in [3.05, 3.63) is 65.4 Å². The van der Waals surface area contributed by atoms with Gasteiger partial charge in [0.25, 0.3) is 5.91 Å². The van der Waals surface area contributed by atoms with E-state index in [0.29, 0.717) is 6.07 Å². The Morgan fingerprint density at radius 3 is 2.31 bits per heavy atom. The summed E-state index contributed by atoms with van der Waals surface area (Å²) in [5.41, 5.74) is -1.54. The van der Waals surface area contributed by atoms with Crippen LogP contribution in [0.3, 0.4) is 0 Å². The van der Waals surface area contributed by atoms with Gasteiger partial charge in [0.05, 0.1) is 11.3 Å². The standard InChI is InChI=1S/C18H9F7N6O4/c19-11-2-1-9(7-10(11)17(20,21)22)27-13(30-34-16(33)18(23,24)25)12-14(31-35-29-12)28-15(32)8-3-5-26-6-4-8/h1-7H,(H,27,30)(H,28,31,32). The van der Waals surface area contributed by atoms with Gasteiger partial charge in [0.15, 0.2) is 11.5 Å². The van der Waals surface area contributed by atoms with Crippen LogP contribution in [0.15, 0.2) is 52.3 Å². The van der Waals surface area contributed by atoms with Crippen LogP contribution < -0.4 is 10.8 Å². The summed E-state index contributed by atoms with van der Waals surface area (Å²) in [6, 6.07) is 3.94. The summed E-state index contributed by atoms with van der Waals surface area (Å²) >= 11 is 0. The summed E-state index contributed by atoms with van der Waals surface area (Å²) in [5, 5.41) is 8.82. The van der Waals surface area contributed by atoms with Crippen molar-refractivity contribution >= 4 is 29.2 Å². The molecule has 0 aliphatic rings. The van der Waals surface area contributed by atoms with Crippen molar-refractivity contribution in [1.29, 1.82) is 0 Å². The lowest BCUT2D eigenvalue weighted by atomic mass is 10.2. The number of aromatic nitrogens is 3. The number of amides is 1. The van der Waals surface area contributed by atoms with E-state index in [1.165, 1.54) is 30.0 Å². The van der Waals surface area contributed by atoms with Crippen LogP contribution in [-0.2, 0) is 15.8 Å². The third-order valence-corrected chi connectivity index (χ3v) is 3.86. The number of hydroxylamine groups is 1. The van der Waals surface area contributed by atoms with Crippen LogP contribution in [0, 0.1) is 5.82 Å². The highest BCUT2D eigenvalue weighted by Crippen LogP contribution is 2.34. The Kier molecular flexibility index (Phi) is 6.97. The fourth-order valence-corrected chi connectivity index (χ4v) is 2.31. The van der Waals surface area contributed by atoms with Gasteiger partial charge in [0.1, 0.15) is 5.82 Å². The first-order valence-electron chi connectivity index (χ1n) is 8.90. The summed E-state index contributed by atoms with van der Waals surface area (Å²) in [6.07, 6.45) is -8.05. The highest BCUT2D eigenvalue weighted by molar-refractivity contribution is 6.08. The van der Waals surface area contributed by atoms with Gasteiger partial charge in [-0.05, 0) is 40.6 Å². The van der Waals surface area contributed by atoms with Crippen LogP contribution in [0.2, 0.25) is 0 Å². The van der Waals surface area contributed by atoms with Gasteiger partial charge in [0, 0.05) is 18.0 Å². The maximum atomic E-state index is 13.6. The average molecular weight is 506 g/mol. The number of nitrogens with one attached hydrogen (secondary N) is 2. The molecule has 1 aromatic carbocycles. The molecule has 17 heteroatoms. The topological polar surface area (TPSA) is 132 Å². The van der Waals surface area contributed by atoms with E-state index in [9.17, 15) is 40.3 Å². The molecule has 0 aliphatic carbocycles. The van der Waals surface area contributed by atoms with Gasteiger partial charge in [-0.3, -0.25) is 9.78 Å². The minimum absolute atomic E-state index is 0.0530. The Morgan fingerprint density at radius 2 is 1.69 bits per heavy atom. The molecule has 0 atom stereocenters. The number of hydrogen-bond donors (Lipinski definition) is 2. The summed E-state index contributed by atoms with van der Waals surface area (Å²) in [5.74, 6) is -6.74. The Balaban J connectivity index is 2.00. The van der Waals surface area contributed by atoms with E-state index >= 15 is 0 Å². The van der Waals surface area contributed by atoms with Crippen LogP contribution in [0.1, 0.15) is 21.6 Å². The zero-order chi connectivity index (χ0) is 25.8. The second kappa shape index (κ2) is 9.74. The second-order valence-corrected chi connectivity index (χ2v) is 6.26. The number of pyridine rings is 1. The van der Waals surface area contributed by atoms with E-state index in [4.69, 9.17) is 0 Å². The van der Waals surface area contributed by atoms with E-state index < -0.39 is 58.6 Å². The monoisotopic (exact) mass is 506 g/mol. The molecular weight excluding hydrogens is 497 g/mol. The molecule has 35 heavy (non-hydrogen) atoms. The minimum atomic E-state index is -5.46. The Bertz CT molecular complexity index is 1260. The van der Waals surface area contributed by atoms with E-state index in [1.807, 2.05) is 0 Å². The first kappa shape index (κ1) is 25.1. The largest absolute Gasteiger partial charge is 0.493 e. The zero-order valence-corrected chi connectivity index (χ0v) is 16.6.